The summed E-state index contributed by atoms with van der Waals surface area (Å²) in [4.78, 5) is 36.9. The molecule has 2 fully saturated rings. The standard InChI is InChI=1S/C23H25N7O4/c1-15-20(34-18-5-7-24-19(11-18)16-12-25-28(2)13-16)3-4-21(26-15)27-22(31)30-9-8-29(23(30)32)17-6-10-33-14-17/h3-5,7,11-13,17H,6,8-10,14H2,1-2H3,(H,26,27,31)/i2D3. The number of hydrogen-bond acceptors (Lipinski definition) is 7. The number of anilines is 1. The van der Waals surface area contributed by atoms with Gasteiger partial charge in [-0.05, 0) is 31.5 Å². The first-order valence-electron chi connectivity index (χ1n) is 12.3. The highest BCUT2D eigenvalue weighted by Crippen LogP contribution is 2.28. The van der Waals surface area contributed by atoms with Crippen LogP contribution >= 0.6 is 0 Å². The molecule has 3 aromatic rings. The van der Waals surface area contributed by atoms with Gasteiger partial charge in [0.05, 0.1) is 30.2 Å². The minimum atomic E-state index is -2.38. The van der Waals surface area contributed by atoms with Crippen molar-refractivity contribution >= 4 is 17.9 Å². The van der Waals surface area contributed by atoms with Crippen molar-refractivity contribution < 1.29 is 23.2 Å². The van der Waals surface area contributed by atoms with E-state index in [-0.39, 0.29) is 17.9 Å². The van der Waals surface area contributed by atoms with Crippen LogP contribution in [0.1, 0.15) is 16.2 Å². The van der Waals surface area contributed by atoms with E-state index in [9.17, 15) is 9.59 Å². The Bertz CT molecular complexity index is 1320. The molecule has 5 heterocycles. The summed E-state index contributed by atoms with van der Waals surface area (Å²) in [6.07, 6.45) is 5.14. The summed E-state index contributed by atoms with van der Waals surface area (Å²) in [6.45, 7) is 1.25. The fraction of sp³-hybridized carbons (Fsp3) is 0.348. The number of imide groups is 1. The largest absolute Gasteiger partial charge is 0.455 e. The lowest BCUT2D eigenvalue weighted by Gasteiger charge is -2.22. The summed E-state index contributed by atoms with van der Waals surface area (Å²) in [7, 11) is 0. The van der Waals surface area contributed by atoms with E-state index in [0.29, 0.717) is 54.8 Å². The number of hydrogen-bond donors (Lipinski definition) is 1. The molecule has 34 heavy (non-hydrogen) atoms. The van der Waals surface area contributed by atoms with E-state index in [4.69, 9.17) is 13.6 Å². The van der Waals surface area contributed by atoms with Gasteiger partial charge in [-0.25, -0.2) is 19.5 Å². The molecule has 176 valence electrons. The van der Waals surface area contributed by atoms with E-state index < -0.39 is 13.0 Å². The zero-order valence-corrected chi connectivity index (χ0v) is 18.5. The summed E-state index contributed by atoms with van der Waals surface area (Å²) in [6, 6.07) is 5.72. The molecule has 2 aliphatic rings. The Balaban J connectivity index is 1.24. The number of pyridine rings is 2. The van der Waals surface area contributed by atoms with Gasteiger partial charge in [-0.3, -0.25) is 15.0 Å². The molecule has 5 rings (SSSR count). The fourth-order valence-corrected chi connectivity index (χ4v) is 3.97. The van der Waals surface area contributed by atoms with Crippen LogP contribution in [0.2, 0.25) is 0 Å². The number of aryl methyl sites for hydroxylation is 2. The highest BCUT2D eigenvalue weighted by molar-refractivity contribution is 6.01. The van der Waals surface area contributed by atoms with Crippen molar-refractivity contribution in [3.63, 3.8) is 0 Å². The van der Waals surface area contributed by atoms with Gasteiger partial charge in [0, 0.05) is 54.8 Å². The van der Waals surface area contributed by atoms with Gasteiger partial charge in [-0.15, -0.1) is 0 Å². The number of urea groups is 2. The van der Waals surface area contributed by atoms with Crippen LogP contribution in [-0.2, 0) is 11.7 Å². The topological polar surface area (TPSA) is 115 Å². The molecule has 11 heteroatoms. The van der Waals surface area contributed by atoms with Gasteiger partial charge in [0.1, 0.15) is 17.3 Å². The Kier molecular flexibility index (Phi) is 4.94. The summed E-state index contributed by atoms with van der Waals surface area (Å²) >= 11 is 0. The number of ether oxygens (including phenoxy) is 2. The molecular formula is C23H25N7O4. The van der Waals surface area contributed by atoms with Gasteiger partial charge in [-0.1, -0.05) is 0 Å². The summed E-state index contributed by atoms with van der Waals surface area (Å²) in [5.41, 5.74) is 1.55. The van der Waals surface area contributed by atoms with Crippen LogP contribution < -0.4 is 10.1 Å². The predicted octanol–water partition coefficient (Wildman–Crippen LogP) is 3.04. The van der Waals surface area contributed by atoms with Crippen LogP contribution in [0.5, 0.6) is 11.5 Å². The molecule has 0 aromatic carbocycles. The molecule has 0 radical (unpaired) electrons. The zero-order chi connectivity index (χ0) is 26.2. The molecule has 0 aliphatic carbocycles. The van der Waals surface area contributed by atoms with Gasteiger partial charge < -0.3 is 14.4 Å². The Morgan fingerprint density at radius 3 is 3.00 bits per heavy atom. The van der Waals surface area contributed by atoms with Crippen molar-refractivity contribution in [3.05, 3.63) is 48.5 Å². The van der Waals surface area contributed by atoms with Crippen molar-refractivity contribution in [3.8, 4) is 22.8 Å². The van der Waals surface area contributed by atoms with Gasteiger partial charge in [-0.2, -0.15) is 5.10 Å². The summed E-state index contributed by atoms with van der Waals surface area (Å²) in [5.74, 6) is 1.21. The van der Waals surface area contributed by atoms with Crippen molar-refractivity contribution in [2.45, 2.75) is 19.4 Å². The number of nitrogens with zero attached hydrogens (tertiary/aromatic N) is 6. The van der Waals surface area contributed by atoms with E-state index >= 15 is 0 Å². The highest BCUT2D eigenvalue weighted by atomic mass is 16.5. The smallest absolute Gasteiger partial charge is 0.331 e. The van der Waals surface area contributed by atoms with Gasteiger partial charge in [0.2, 0.25) is 0 Å². The van der Waals surface area contributed by atoms with Crippen molar-refractivity contribution in [1.29, 1.82) is 0 Å². The molecule has 0 bridgehead atoms. The second kappa shape index (κ2) is 9.10. The van der Waals surface area contributed by atoms with E-state index in [1.165, 1.54) is 17.3 Å². The molecule has 1 unspecified atom stereocenters. The van der Waals surface area contributed by atoms with Crippen LogP contribution in [-0.4, -0.2) is 74.0 Å². The maximum atomic E-state index is 12.7. The second-order valence-corrected chi connectivity index (χ2v) is 8.01. The Morgan fingerprint density at radius 2 is 2.24 bits per heavy atom. The van der Waals surface area contributed by atoms with Crippen LogP contribution in [0.4, 0.5) is 15.4 Å². The fourth-order valence-electron chi connectivity index (χ4n) is 3.97. The summed E-state index contributed by atoms with van der Waals surface area (Å²) < 4.78 is 34.6. The number of amides is 4. The number of aromatic nitrogens is 4. The SMILES string of the molecule is [2H]C([2H])([2H])n1cc(-c2cc(Oc3ccc(NC(=O)N4CCN(C5CCOC5)C4=O)nc3C)ccn2)cn1. The third kappa shape index (κ3) is 4.42. The average molecular weight is 467 g/mol. The molecular weight excluding hydrogens is 438 g/mol. The third-order valence-electron chi connectivity index (χ3n) is 5.74. The van der Waals surface area contributed by atoms with Crippen LogP contribution in [0, 0.1) is 6.92 Å². The lowest BCUT2D eigenvalue weighted by atomic mass is 10.2. The molecule has 0 spiro atoms. The van der Waals surface area contributed by atoms with E-state index in [1.54, 1.807) is 42.3 Å². The quantitative estimate of drug-likeness (QED) is 0.615. The predicted molar refractivity (Wildman–Crippen MR) is 123 cm³/mol. The van der Waals surface area contributed by atoms with Gasteiger partial charge in [0.15, 0.2) is 0 Å². The Labute approximate surface area is 200 Å². The second-order valence-electron chi connectivity index (χ2n) is 8.01. The number of rotatable bonds is 5. The number of nitrogens with one attached hydrogen (secondary N) is 1. The first kappa shape index (κ1) is 18.4. The first-order chi connectivity index (χ1) is 17.7. The Hall–Kier alpha value is -3.99. The van der Waals surface area contributed by atoms with E-state index in [1.807, 2.05) is 0 Å². The van der Waals surface area contributed by atoms with Crippen molar-refractivity contribution in [2.24, 2.45) is 6.98 Å². The average Bonchev–Trinajstić information content (AvgIpc) is 3.61. The van der Waals surface area contributed by atoms with Gasteiger partial charge >= 0.3 is 12.1 Å². The first-order valence-corrected chi connectivity index (χ1v) is 10.8. The minimum Gasteiger partial charge on any atom is -0.455 e. The Morgan fingerprint density at radius 1 is 1.32 bits per heavy atom. The van der Waals surface area contributed by atoms with Crippen LogP contribution in [0.15, 0.2) is 42.9 Å². The van der Waals surface area contributed by atoms with E-state index in [2.05, 4.69) is 20.4 Å². The van der Waals surface area contributed by atoms with Crippen molar-refractivity contribution in [1.82, 2.24) is 29.5 Å². The molecule has 2 aliphatic heterocycles. The van der Waals surface area contributed by atoms with E-state index in [0.717, 1.165) is 11.1 Å². The van der Waals surface area contributed by atoms with Gasteiger partial charge in [0.25, 0.3) is 0 Å². The van der Waals surface area contributed by atoms with Crippen LogP contribution in [0.3, 0.4) is 0 Å². The molecule has 3 aromatic heterocycles. The lowest BCUT2D eigenvalue weighted by molar-refractivity contribution is 0.154. The molecule has 1 atom stereocenters. The highest BCUT2D eigenvalue weighted by Gasteiger charge is 2.38. The number of carbonyl (C=O) groups excluding carboxylic acids is 2. The monoisotopic (exact) mass is 466 g/mol. The van der Waals surface area contributed by atoms with Crippen molar-refractivity contribution in [2.75, 3.05) is 31.6 Å². The number of carbonyl (C=O) groups is 2. The maximum absolute atomic E-state index is 12.7. The molecule has 4 amide bonds. The molecule has 11 nitrogen and oxygen atoms in total. The molecule has 0 saturated carbocycles. The lowest BCUT2D eigenvalue weighted by Crippen LogP contribution is -2.43. The minimum absolute atomic E-state index is 0.00792. The zero-order valence-electron chi connectivity index (χ0n) is 21.5. The normalized spacial score (nSPS) is 19.6. The maximum Gasteiger partial charge on any atom is 0.331 e. The van der Waals surface area contributed by atoms with Crippen LogP contribution in [0.25, 0.3) is 11.3 Å². The third-order valence-corrected chi connectivity index (χ3v) is 5.74. The molecule has 2 saturated heterocycles. The molecule has 1 N–H and O–H groups in total. The summed E-state index contributed by atoms with van der Waals surface area (Å²) in [5, 5.41) is 6.56.